The summed E-state index contributed by atoms with van der Waals surface area (Å²) in [7, 11) is 0. The monoisotopic (exact) mass is 314 g/mol. The molecule has 1 N–H and O–H groups in total. The molecule has 2 fully saturated rings. The number of benzene rings is 1. The maximum Gasteiger partial charge on any atom is 0.414 e. The zero-order valence-electron chi connectivity index (χ0n) is 12.4. The molecule has 8 nitrogen and oxygen atoms in total. The number of carbonyl (C=O) groups is 3. The largest absolute Gasteiger partial charge is 0.447 e. The summed E-state index contributed by atoms with van der Waals surface area (Å²) in [5, 5.41) is 11.3. The molecular formula is C15H14N4O4. The van der Waals surface area contributed by atoms with Gasteiger partial charge >= 0.3 is 12.1 Å². The first kappa shape index (κ1) is 14.8. The van der Waals surface area contributed by atoms with E-state index in [-0.39, 0.29) is 6.54 Å². The molecule has 1 unspecified atom stereocenters. The Morgan fingerprint density at radius 1 is 1.39 bits per heavy atom. The lowest BCUT2D eigenvalue weighted by Gasteiger charge is -2.23. The summed E-state index contributed by atoms with van der Waals surface area (Å²) in [5.41, 5.74) is -0.145. The number of urea groups is 1. The predicted molar refractivity (Wildman–Crippen MR) is 78.3 cm³/mol. The van der Waals surface area contributed by atoms with Gasteiger partial charge in [0.1, 0.15) is 18.7 Å². The van der Waals surface area contributed by atoms with Crippen LogP contribution in [-0.4, -0.2) is 42.6 Å². The molecule has 1 atom stereocenters. The number of nitrogens with zero attached hydrogens (tertiary/aromatic N) is 3. The van der Waals surface area contributed by atoms with Crippen LogP contribution in [0, 0.1) is 11.3 Å². The Hall–Kier alpha value is -3.08. The van der Waals surface area contributed by atoms with Crippen LogP contribution in [0.1, 0.15) is 12.5 Å². The summed E-state index contributed by atoms with van der Waals surface area (Å²) < 4.78 is 4.90. The fraction of sp³-hybridized carbons (Fsp3) is 0.333. The summed E-state index contributed by atoms with van der Waals surface area (Å²) >= 11 is 0. The third-order valence-corrected chi connectivity index (χ3v) is 4.00. The zero-order valence-corrected chi connectivity index (χ0v) is 12.4. The van der Waals surface area contributed by atoms with E-state index in [2.05, 4.69) is 5.32 Å². The molecule has 3 rings (SSSR count). The van der Waals surface area contributed by atoms with Crippen molar-refractivity contribution < 1.29 is 19.1 Å². The van der Waals surface area contributed by atoms with E-state index in [1.54, 1.807) is 37.3 Å². The summed E-state index contributed by atoms with van der Waals surface area (Å²) in [6.45, 7) is 2.01. The van der Waals surface area contributed by atoms with Crippen LogP contribution in [0.25, 0.3) is 0 Å². The Morgan fingerprint density at radius 2 is 2.17 bits per heavy atom. The maximum absolute atomic E-state index is 12.5. The second-order valence-corrected chi connectivity index (χ2v) is 5.42. The van der Waals surface area contributed by atoms with Gasteiger partial charge in [0.2, 0.25) is 0 Å². The van der Waals surface area contributed by atoms with Crippen LogP contribution in [0.3, 0.4) is 0 Å². The first-order chi connectivity index (χ1) is 11.0. The van der Waals surface area contributed by atoms with Gasteiger partial charge in [0.05, 0.1) is 12.6 Å². The van der Waals surface area contributed by atoms with E-state index in [1.807, 2.05) is 0 Å². The SMILES string of the molecule is CC1(c2cccc(N3CCOC3=O)c2)NC(=O)N(CC#N)C1=O. The minimum Gasteiger partial charge on any atom is -0.447 e. The van der Waals surface area contributed by atoms with Crippen molar-refractivity contribution >= 4 is 23.7 Å². The molecule has 2 aliphatic heterocycles. The van der Waals surface area contributed by atoms with Gasteiger partial charge in [-0.05, 0) is 24.6 Å². The van der Waals surface area contributed by atoms with Gasteiger partial charge in [-0.25, -0.2) is 14.5 Å². The number of hydrogen-bond donors (Lipinski definition) is 1. The van der Waals surface area contributed by atoms with Crippen molar-refractivity contribution in [3.05, 3.63) is 29.8 Å². The van der Waals surface area contributed by atoms with Crippen LogP contribution in [0.15, 0.2) is 24.3 Å². The molecule has 0 aromatic heterocycles. The van der Waals surface area contributed by atoms with Crippen molar-refractivity contribution in [2.24, 2.45) is 0 Å². The quantitative estimate of drug-likeness (QED) is 0.660. The predicted octanol–water partition coefficient (Wildman–Crippen LogP) is 0.934. The summed E-state index contributed by atoms with van der Waals surface area (Å²) in [5.74, 6) is -0.495. The molecule has 0 aliphatic carbocycles. The molecule has 0 spiro atoms. The Kier molecular flexibility index (Phi) is 3.41. The van der Waals surface area contributed by atoms with E-state index < -0.39 is 23.6 Å². The van der Waals surface area contributed by atoms with Crippen LogP contribution in [-0.2, 0) is 15.1 Å². The van der Waals surface area contributed by atoms with E-state index in [1.165, 1.54) is 4.90 Å². The lowest BCUT2D eigenvalue weighted by molar-refractivity contribution is -0.130. The van der Waals surface area contributed by atoms with Gasteiger partial charge in [0, 0.05) is 5.69 Å². The fourth-order valence-corrected chi connectivity index (χ4v) is 2.72. The van der Waals surface area contributed by atoms with E-state index in [4.69, 9.17) is 10.00 Å². The Labute approximate surface area is 132 Å². The number of carbonyl (C=O) groups excluding carboxylic acids is 3. The number of hydrogen-bond acceptors (Lipinski definition) is 5. The molecule has 2 heterocycles. The van der Waals surface area contributed by atoms with Crippen LogP contribution in [0.4, 0.5) is 15.3 Å². The molecule has 2 saturated heterocycles. The van der Waals surface area contributed by atoms with Gasteiger partial charge in [0.15, 0.2) is 0 Å². The van der Waals surface area contributed by atoms with Crippen LogP contribution in [0.2, 0.25) is 0 Å². The van der Waals surface area contributed by atoms with E-state index in [9.17, 15) is 14.4 Å². The molecule has 23 heavy (non-hydrogen) atoms. The lowest BCUT2D eigenvalue weighted by Crippen LogP contribution is -2.41. The normalized spacial score (nSPS) is 23.7. The fourth-order valence-electron chi connectivity index (χ4n) is 2.72. The smallest absolute Gasteiger partial charge is 0.414 e. The van der Waals surface area contributed by atoms with E-state index >= 15 is 0 Å². The topological polar surface area (TPSA) is 103 Å². The van der Waals surface area contributed by atoms with Crippen molar-refractivity contribution in [2.75, 3.05) is 24.6 Å². The third kappa shape index (κ3) is 2.26. The summed E-state index contributed by atoms with van der Waals surface area (Å²) in [6, 6.07) is 7.98. The molecule has 1 aromatic carbocycles. The second-order valence-electron chi connectivity index (χ2n) is 5.42. The number of imide groups is 1. The molecule has 0 radical (unpaired) electrons. The molecular weight excluding hydrogens is 300 g/mol. The number of cyclic esters (lactones) is 1. The van der Waals surface area contributed by atoms with E-state index in [0.29, 0.717) is 24.4 Å². The van der Waals surface area contributed by atoms with Crippen molar-refractivity contribution in [1.82, 2.24) is 10.2 Å². The molecule has 8 heteroatoms. The molecule has 118 valence electrons. The van der Waals surface area contributed by atoms with Gasteiger partial charge in [0.25, 0.3) is 5.91 Å². The summed E-state index contributed by atoms with van der Waals surface area (Å²) in [4.78, 5) is 38.4. The number of rotatable bonds is 3. The van der Waals surface area contributed by atoms with Gasteiger partial charge in [-0.2, -0.15) is 5.26 Å². The van der Waals surface area contributed by atoms with Crippen LogP contribution >= 0.6 is 0 Å². The second kappa shape index (κ2) is 5.28. The van der Waals surface area contributed by atoms with Gasteiger partial charge in [-0.3, -0.25) is 9.69 Å². The first-order valence-corrected chi connectivity index (χ1v) is 7.03. The lowest BCUT2D eigenvalue weighted by atomic mass is 9.91. The van der Waals surface area contributed by atoms with Gasteiger partial charge in [-0.15, -0.1) is 0 Å². The molecule has 1 aromatic rings. The number of ether oxygens (including phenoxy) is 1. The Balaban J connectivity index is 1.96. The molecule has 0 bridgehead atoms. The highest BCUT2D eigenvalue weighted by Gasteiger charge is 2.49. The number of anilines is 1. The van der Waals surface area contributed by atoms with Crippen LogP contribution in [0.5, 0.6) is 0 Å². The number of nitriles is 1. The molecule has 2 aliphatic rings. The van der Waals surface area contributed by atoms with Crippen molar-refractivity contribution in [3.63, 3.8) is 0 Å². The van der Waals surface area contributed by atoms with Gasteiger partial charge in [-0.1, -0.05) is 12.1 Å². The van der Waals surface area contributed by atoms with Crippen molar-refractivity contribution in [3.8, 4) is 6.07 Å². The zero-order chi connectivity index (χ0) is 16.6. The summed E-state index contributed by atoms with van der Waals surface area (Å²) in [6.07, 6.45) is -0.444. The number of amides is 4. The standard InChI is InChI=1S/C15H14N4O4/c1-15(12(20)19(6-5-16)13(21)17-15)10-3-2-4-11(9-10)18-7-8-23-14(18)22/h2-4,9H,6-8H2,1H3,(H,17,21). The minimum absolute atomic E-state index is 0.307. The van der Waals surface area contributed by atoms with E-state index in [0.717, 1.165) is 4.90 Å². The third-order valence-electron chi connectivity index (χ3n) is 4.00. The first-order valence-electron chi connectivity index (χ1n) is 7.03. The maximum atomic E-state index is 12.5. The number of nitrogens with one attached hydrogen (secondary N) is 1. The minimum atomic E-state index is -1.27. The Morgan fingerprint density at radius 3 is 2.83 bits per heavy atom. The highest BCUT2D eigenvalue weighted by atomic mass is 16.6. The highest BCUT2D eigenvalue weighted by Crippen LogP contribution is 2.31. The highest BCUT2D eigenvalue weighted by molar-refractivity contribution is 6.07. The average molecular weight is 314 g/mol. The molecule has 4 amide bonds. The van der Waals surface area contributed by atoms with Crippen LogP contribution < -0.4 is 10.2 Å². The average Bonchev–Trinajstić information content (AvgIpc) is 3.05. The van der Waals surface area contributed by atoms with Crippen molar-refractivity contribution in [1.29, 1.82) is 5.26 Å². The Bertz CT molecular complexity index is 741. The molecule has 0 saturated carbocycles. The van der Waals surface area contributed by atoms with Gasteiger partial charge < -0.3 is 10.1 Å². The van der Waals surface area contributed by atoms with Crippen molar-refractivity contribution in [2.45, 2.75) is 12.5 Å².